The molecule has 1 saturated heterocycles. The molecule has 1 amide bonds. The van der Waals surface area contributed by atoms with E-state index in [1.54, 1.807) is 36.5 Å². The monoisotopic (exact) mass is 488 g/mol. The maximum atomic E-state index is 14.0. The quantitative estimate of drug-likeness (QED) is 0.399. The van der Waals surface area contributed by atoms with Crippen LogP contribution in [0.1, 0.15) is 15.9 Å². The van der Waals surface area contributed by atoms with Crippen molar-refractivity contribution in [2.24, 2.45) is 0 Å². The molecule has 180 valence electrons. The van der Waals surface area contributed by atoms with E-state index in [0.29, 0.717) is 28.0 Å². The van der Waals surface area contributed by atoms with Crippen LogP contribution in [0.25, 0.3) is 22.2 Å². The van der Waals surface area contributed by atoms with Gasteiger partial charge < -0.3 is 5.32 Å². The number of nitrogens with zero attached hydrogens (tertiary/aromatic N) is 3. The van der Waals surface area contributed by atoms with Crippen LogP contribution >= 0.6 is 10.0 Å². The van der Waals surface area contributed by atoms with Crippen molar-refractivity contribution >= 4 is 32.7 Å². The molecule has 0 atom stereocenters. The summed E-state index contributed by atoms with van der Waals surface area (Å²) < 4.78 is 14.0. The molecule has 0 unspecified atom stereocenters. The van der Waals surface area contributed by atoms with Gasteiger partial charge in [0.25, 0.3) is 5.91 Å². The lowest BCUT2D eigenvalue weighted by atomic mass is 10.0. The molecule has 0 saturated carbocycles. The Bertz CT molecular complexity index is 1350. The zero-order chi connectivity index (χ0) is 24.4. The number of halogens is 1. The van der Waals surface area contributed by atoms with Crippen LogP contribution in [-0.4, -0.2) is 57.9 Å². The van der Waals surface area contributed by atoms with Gasteiger partial charge in [-0.05, 0) is 66.0 Å². The van der Waals surface area contributed by atoms with Crippen LogP contribution in [-0.2, 0) is 6.54 Å². The molecule has 1 aliphatic rings. The van der Waals surface area contributed by atoms with E-state index in [4.69, 9.17) is 4.98 Å². The van der Waals surface area contributed by atoms with E-state index in [2.05, 4.69) is 39.8 Å². The minimum absolute atomic E-state index is 0.352. The van der Waals surface area contributed by atoms with Crippen molar-refractivity contribution in [3.05, 3.63) is 89.9 Å². The fourth-order valence-corrected chi connectivity index (χ4v) is 6.03. The average molecular weight is 489 g/mol. The summed E-state index contributed by atoms with van der Waals surface area (Å²) in [4.78, 5) is 24.6. The number of hydrogen-bond donors (Lipinski definition) is 1. The van der Waals surface area contributed by atoms with Crippen LogP contribution in [0.15, 0.2) is 72.9 Å². The molecule has 0 bridgehead atoms. The van der Waals surface area contributed by atoms with Gasteiger partial charge in [-0.2, -0.15) is 0 Å². The molecular formula is C28H29FN4OS. The van der Waals surface area contributed by atoms with Gasteiger partial charge in [0.15, 0.2) is 0 Å². The third-order valence-electron chi connectivity index (χ3n) is 6.50. The molecule has 1 N–H and O–H groups in total. The van der Waals surface area contributed by atoms with Crippen molar-refractivity contribution in [2.45, 2.75) is 6.54 Å². The van der Waals surface area contributed by atoms with E-state index in [9.17, 15) is 9.18 Å². The Hall–Kier alpha value is -3.29. The molecular weight excluding hydrogens is 459 g/mol. The molecule has 5 nitrogen and oxygen atoms in total. The molecule has 2 aromatic heterocycles. The number of carbonyl (C=O) groups is 1. The molecule has 5 rings (SSSR count). The number of rotatable bonds is 5. The van der Waals surface area contributed by atoms with E-state index < -0.39 is 15.8 Å². The Balaban J connectivity index is 1.42. The first kappa shape index (κ1) is 23.5. The van der Waals surface area contributed by atoms with Crippen molar-refractivity contribution in [1.82, 2.24) is 14.9 Å². The summed E-state index contributed by atoms with van der Waals surface area (Å²) in [5, 5.41) is 3.27. The van der Waals surface area contributed by atoms with Crippen LogP contribution in [0.2, 0.25) is 0 Å². The fraction of sp³-hybridized carbons (Fsp3) is 0.250. The summed E-state index contributed by atoms with van der Waals surface area (Å²) in [6.45, 7) is 3.25. The number of carbonyl (C=O) groups excluding carboxylic acids is 1. The summed E-state index contributed by atoms with van der Waals surface area (Å²) in [7, 11) is -0.413. The van der Waals surface area contributed by atoms with Gasteiger partial charge in [0.05, 0.1) is 16.8 Å². The van der Waals surface area contributed by atoms with Gasteiger partial charge in [-0.25, -0.2) is 24.4 Å². The second-order valence-electron chi connectivity index (χ2n) is 9.53. The zero-order valence-corrected chi connectivity index (χ0v) is 20.8. The largest absolute Gasteiger partial charge is 0.307 e. The van der Waals surface area contributed by atoms with Gasteiger partial charge in [-0.15, -0.1) is 0 Å². The molecule has 4 aromatic rings. The Morgan fingerprint density at radius 2 is 1.80 bits per heavy atom. The van der Waals surface area contributed by atoms with Gasteiger partial charge in [-0.3, -0.25) is 9.69 Å². The Labute approximate surface area is 206 Å². The van der Waals surface area contributed by atoms with E-state index in [1.807, 2.05) is 12.1 Å². The van der Waals surface area contributed by atoms with Gasteiger partial charge in [0.1, 0.15) is 11.6 Å². The number of pyridine rings is 2. The van der Waals surface area contributed by atoms with Crippen molar-refractivity contribution in [2.75, 3.05) is 42.4 Å². The first-order valence-electron chi connectivity index (χ1n) is 11.7. The molecule has 3 heterocycles. The van der Waals surface area contributed by atoms with Crippen LogP contribution in [0.4, 0.5) is 10.2 Å². The molecule has 0 spiro atoms. The molecule has 35 heavy (non-hydrogen) atoms. The maximum absolute atomic E-state index is 14.0. The standard InChI is InChI=1S/C28H29FN4OS/c1-35(2)15-13-33(14-16-35)19-20-6-8-21(9-7-20)26-18-24(23-17-22(29)10-11-25(23)31-26)28(34)32-27-5-3-4-12-30-27/h3-12,17-18H,13-16,19H2,1-2H3,(H,30,32,34). The predicted octanol–water partition coefficient (Wildman–Crippen LogP) is 5.57. The summed E-state index contributed by atoms with van der Waals surface area (Å²) >= 11 is 0. The van der Waals surface area contributed by atoms with E-state index in [-0.39, 0.29) is 5.91 Å². The highest BCUT2D eigenvalue weighted by Gasteiger charge is 2.21. The van der Waals surface area contributed by atoms with E-state index in [1.165, 1.54) is 29.2 Å². The second-order valence-corrected chi connectivity index (χ2v) is 13.9. The Kier molecular flexibility index (Phi) is 6.54. The Morgan fingerprint density at radius 1 is 1.03 bits per heavy atom. The normalized spacial score (nSPS) is 16.7. The maximum Gasteiger partial charge on any atom is 0.257 e. The molecule has 0 radical (unpaired) electrons. The number of fused-ring (bicyclic) bond motifs is 1. The van der Waals surface area contributed by atoms with Crippen LogP contribution in [0, 0.1) is 5.82 Å². The highest BCUT2D eigenvalue weighted by molar-refractivity contribution is 8.32. The average Bonchev–Trinajstić information content (AvgIpc) is 2.86. The number of amides is 1. The van der Waals surface area contributed by atoms with Crippen molar-refractivity contribution in [1.29, 1.82) is 0 Å². The molecule has 1 aliphatic heterocycles. The first-order valence-corrected chi connectivity index (χ1v) is 14.5. The van der Waals surface area contributed by atoms with Crippen LogP contribution in [0.3, 0.4) is 0 Å². The SMILES string of the molecule is CS1(C)CCN(Cc2ccc(-c3cc(C(=O)Nc4ccccn4)c4cc(F)ccc4n3)cc2)CC1. The Morgan fingerprint density at radius 3 is 2.51 bits per heavy atom. The predicted molar refractivity (Wildman–Crippen MR) is 144 cm³/mol. The third kappa shape index (κ3) is 5.52. The van der Waals surface area contributed by atoms with Crippen LogP contribution < -0.4 is 5.32 Å². The van der Waals surface area contributed by atoms with Crippen LogP contribution in [0.5, 0.6) is 0 Å². The zero-order valence-electron chi connectivity index (χ0n) is 20.0. The minimum atomic E-state index is -0.413. The second kappa shape index (κ2) is 9.76. The molecule has 0 aliphatic carbocycles. The molecule has 1 fully saturated rings. The topological polar surface area (TPSA) is 58.1 Å². The minimum Gasteiger partial charge on any atom is -0.307 e. The first-order chi connectivity index (χ1) is 16.9. The van der Waals surface area contributed by atoms with Gasteiger partial charge >= 0.3 is 0 Å². The highest BCUT2D eigenvalue weighted by Crippen LogP contribution is 2.41. The van der Waals surface area contributed by atoms with E-state index >= 15 is 0 Å². The van der Waals surface area contributed by atoms with Gasteiger partial charge in [0, 0.05) is 36.8 Å². The molecule has 7 heteroatoms. The van der Waals surface area contributed by atoms with Gasteiger partial charge in [0.2, 0.25) is 0 Å². The number of nitrogens with one attached hydrogen (secondary N) is 1. The summed E-state index contributed by atoms with van der Waals surface area (Å²) in [5.41, 5.74) is 3.77. The lowest BCUT2D eigenvalue weighted by Gasteiger charge is -2.41. The lowest BCUT2D eigenvalue weighted by Crippen LogP contribution is -2.37. The summed E-state index contributed by atoms with van der Waals surface area (Å²) in [5.74, 6) is 2.28. The molecule has 2 aromatic carbocycles. The van der Waals surface area contributed by atoms with E-state index in [0.717, 1.165) is 25.2 Å². The van der Waals surface area contributed by atoms with Crippen molar-refractivity contribution in [3.63, 3.8) is 0 Å². The summed E-state index contributed by atoms with van der Waals surface area (Å²) in [6.07, 6.45) is 6.46. The lowest BCUT2D eigenvalue weighted by molar-refractivity contribution is 0.102. The number of aromatic nitrogens is 2. The van der Waals surface area contributed by atoms with Gasteiger partial charge in [-0.1, -0.05) is 30.3 Å². The summed E-state index contributed by atoms with van der Waals surface area (Å²) in [6, 6.07) is 19.7. The number of hydrogen-bond acceptors (Lipinski definition) is 4. The number of benzene rings is 2. The van der Waals surface area contributed by atoms with Crippen molar-refractivity contribution < 1.29 is 9.18 Å². The third-order valence-corrected chi connectivity index (χ3v) is 9.07. The smallest absolute Gasteiger partial charge is 0.257 e. The fourth-order valence-electron chi connectivity index (χ4n) is 4.32. The van der Waals surface area contributed by atoms with Crippen molar-refractivity contribution in [3.8, 4) is 11.3 Å². The highest BCUT2D eigenvalue weighted by atomic mass is 32.3. The number of anilines is 1.